The van der Waals surface area contributed by atoms with E-state index in [-0.39, 0.29) is 11.9 Å². The first-order chi connectivity index (χ1) is 10.1. The van der Waals surface area contributed by atoms with Crippen molar-refractivity contribution in [2.24, 2.45) is 0 Å². The van der Waals surface area contributed by atoms with Gasteiger partial charge in [-0.1, -0.05) is 17.7 Å². The Morgan fingerprint density at radius 2 is 2.14 bits per heavy atom. The molecule has 1 atom stereocenters. The van der Waals surface area contributed by atoms with Gasteiger partial charge in [0.05, 0.1) is 6.10 Å². The van der Waals surface area contributed by atoms with E-state index in [9.17, 15) is 9.50 Å². The lowest BCUT2D eigenvalue weighted by Crippen LogP contribution is -2.42. The van der Waals surface area contributed by atoms with Crippen LogP contribution >= 0.6 is 11.6 Å². The van der Waals surface area contributed by atoms with Gasteiger partial charge in [-0.2, -0.15) is 0 Å². The lowest BCUT2D eigenvalue weighted by atomic mass is 10.0. The predicted molar refractivity (Wildman–Crippen MR) is 84.0 cm³/mol. The average molecular weight is 315 g/mol. The largest absolute Gasteiger partial charge is 0.393 e. The van der Waals surface area contributed by atoms with E-state index in [1.807, 2.05) is 6.92 Å². The lowest BCUT2D eigenvalue weighted by Gasteiger charge is -2.32. The van der Waals surface area contributed by atoms with Crippen LogP contribution in [0.25, 0.3) is 0 Å². The first kappa shape index (κ1) is 16.7. The van der Waals surface area contributed by atoms with Gasteiger partial charge in [-0.05, 0) is 58.0 Å². The summed E-state index contributed by atoms with van der Waals surface area (Å²) in [5, 5.41) is 13.2. The van der Waals surface area contributed by atoms with Gasteiger partial charge < -0.3 is 10.4 Å². The molecule has 1 fully saturated rings. The van der Waals surface area contributed by atoms with Crippen LogP contribution in [0.1, 0.15) is 31.7 Å². The molecule has 0 amide bonds. The van der Waals surface area contributed by atoms with Gasteiger partial charge in [0.15, 0.2) is 0 Å². The number of aliphatic hydroxyl groups excluding tert-OH is 1. The minimum Gasteiger partial charge on any atom is -0.393 e. The van der Waals surface area contributed by atoms with Crippen LogP contribution < -0.4 is 5.32 Å². The Labute approximate surface area is 131 Å². The number of hydrogen-bond acceptors (Lipinski definition) is 3. The Balaban J connectivity index is 1.76. The van der Waals surface area contributed by atoms with E-state index in [2.05, 4.69) is 10.2 Å². The maximum atomic E-state index is 13.8. The lowest BCUT2D eigenvalue weighted by molar-refractivity contribution is 0.168. The predicted octanol–water partition coefficient (Wildman–Crippen LogP) is 2.80. The molecule has 0 spiro atoms. The maximum Gasteiger partial charge on any atom is 0.129 e. The first-order valence-corrected chi connectivity index (χ1v) is 8.00. The third kappa shape index (κ3) is 5.22. The van der Waals surface area contributed by atoms with Crippen molar-refractivity contribution in [1.82, 2.24) is 10.2 Å². The van der Waals surface area contributed by atoms with Crippen molar-refractivity contribution in [3.05, 3.63) is 34.6 Å². The highest BCUT2D eigenvalue weighted by atomic mass is 35.5. The maximum absolute atomic E-state index is 13.8. The Bertz CT molecular complexity index is 428. The number of hydrogen-bond donors (Lipinski definition) is 2. The molecule has 1 saturated heterocycles. The molecule has 1 aliphatic rings. The van der Waals surface area contributed by atoms with Gasteiger partial charge in [0.2, 0.25) is 0 Å². The van der Waals surface area contributed by atoms with Gasteiger partial charge >= 0.3 is 0 Å². The summed E-state index contributed by atoms with van der Waals surface area (Å²) in [6, 6.07) is 5.34. The SMILES string of the molecule is CC(O)CCNC1CCN(Cc2c(F)cccc2Cl)CC1. The van der Waals surface area contributed by atoms with E-state index in [0.29, 0.717) is 23.2 Å². The fourth-order valence-corrected chi connectivity index (χ4v) is 2.92. The molecule has 1 heterocycles. The number of likely N-dealkylation sites (tertiary alicyclic amines) is 1. The molecule has 1 aliphatic heterocycles. The van der Waals surface area contributed by atoms with Crippen molar-refractivity contribution in [3.8, 4) is 0 Å². The van der Waals surface area contributed by atoms with Crippen LogP contribution in [0, 0.1) is 5.82 Å². The van der Waals surface area contributed by atoms with Crippen molar-refractivity contribution >= 4 is 11.6 Å². The summed E-state index contributed by atoms with van der Waals surface area (Å²) >= 11 is 6.07. The molecule has 21 heavy (non-hydrogen) atoms. The minimum atomic E-state index is -0.249. The third-order valence-electron chi connectivity index (χ3n) is 4.03. The summed E-state index contributed by atoms with van der Waals surface area (Å²) in [6.45, 7) is 5.11. The van der Waals surface area contributed by atoms with Gasteiger partial charge in [-0.25, -0.2) is 4.39 Å². The number of nitrogens with one attached hydrogen (secondary N) is 1. The molecule has 2 rings (SSSR count). The smallest absolute Gasteiger partial charge is 0.129 e. The highest BCUT2D eigenvalue weighted by Crippen LogP contribution is 2.22. The molecule has 1 aromatic carbocycles. The Hall–Kier alpha value is -0.680. The Morgan fingerprint density at radius 3 is 2.76 bits per heavy atom. The summed E-state index contributed by atoms with van der Waals surface area (Å²) in [4.78, 5) is 2.25. The molecule has 0 aliphatic carbocycles. The van der Waals surface area contributed by atoms with Crippen LogP contribution in [0.15, 0.2) is 18.2 Å². The fraction of sp³-hybridized carbons (Fsp3) is 0.625. The van der Waals surface area contributed by atoms with Crippen molar-refractivity contribution in [1.29, 1.82) is 0 Å². The molecule has 3 nitrogen and oxygen atoms in total. The number of nitrogens with zero attached hydrogens (tertiary/aromatic N) is 1. The van der Waals surface area contributed by atoms with Crippen LogP contribution in [0.2, 0.25) is 5.02 Å². The van der Waals surface area contributed by atoms with Crippen molar-refractivity contribution in [3.63, 3.8) is 0 Å². The summed E-state index contributed by atoms with van der Waals surface area (Å²) in [6.07, 6.45) is 2.63. The average Bonchev–Trinajstić information content (AvgIpc) is 2.44. The molecule has 0 bridgehead atoms. The van der Waals surface area contributed by atoms with Gasteiger partial charge in [0.1, 0.15) is 5.82 Å². The standard InChI is InChI=1S/C16H24ClFN2O/c1-12(21)5-8-19-13-6-9-20(10-7-13)11-14-15(17)3-2-4-16(14)18/h2-4,12-13,19,21H,5-11H2,1H3. The van der Waals surface area contributed by atoms with E-state index < -0.39 is 0 Å². The van der Waals surface area contributed by atoms with E-state index in [1.165, 1.54) is 6.07 Å². The quantitative estimate of drug-likeness (QED) is 0.847. The van der Waals surface area contributed by atoms with Crippen LogP contribution in [0.5, 0.6) is 0 Å². The summed E-state index contributed by atoms with van der Waals surface area (Å²) in [5.41, 5.74) is 0.597. The van der Waals surface area contributed by atoms with Gasteiger partial charge in [0.25, 0.3) is 0 Å². The second-order valence-corrected chi connectivity index (χ2v) is 6.25. The van der Waals surface area contributed by atoms with Crippen molar-refractivity contribution in [2.75, 3.05) is 19.6 Å². The second-order valence-electron chi connectivity index (χ2n) is 5.84. The summed E-state index contributed by atoms with van der Waals surface area (Å²) < 4.78 is 13.8. The summed E-state index contributed by atoms with van der Waals surface area (Å²) in [5.74, 6) is -0.223. The van der Waals surface area contributed by atoms with Crippen LogP contribution in [-0.2, 0) is 6.54 Å². The van der Waals surface area contributed by atoms with Crippen LogP contribution in [0.3, 0.4) is 0 Å². The summed E-state index contributed by atoms with van der Waals surface area (Å²) in [7, 11) is 0. The highest BCUT2D eigenvalue weighted by Gasteiger charge is 2.20. The van der Waals surface area contributed by atoms with E-state index in [4.69, 9.17) is 11.6 Å². The van der Waals surface area contributed by atoms with Gasteiger partial charge in [0, 0.05) is 23.2 Å². The Kier molecular flexibility index (Phi) is 6.42. The van der Waals surface area contributed by atoms with Crippen molar-refractivity contribution in [2.45, 2.75) is 44.9 Å². The van der Waals surface area contributed by atoms with E-state index in [0.717, 1.165) is 38.9 Å². The molecule has 1 aromatic rings. The molecule has 2 N–H and O–H groups in total. The molecule has 0 aromatic heterocycles. The monoisotopic (exact) mass is 314 g/mol. The molecule has 0 radical (unpaired) electrons. The van der Waals surface area contributed by atoms with Gasteiger partial charge in [-0.3, -0.25) is 4.90 Å². The molecule has 1 unspecified atom stereocenters. The number of halogens is 2. The Morgan fingerprint density at radius 1 is 1.43 bits per heavy atom. The molecule has 5 heteroatoms. The topological polar surface area (TPSA) is 35.5 Å². The van der Waals surface area contributed by atoms with Gasteiger partial charge in [-0.15, -0.1) is 0 Å². The number of benzene rings is 1. The molecule has 118 valence electrons. The normalized spacial score (nSPS) is 18.9. The fourth-order valence-electron chi connectivity index (χ4n) is 2.70. The van der Waals surface area contributed by atoms with E-state index >= 15 is 0 Å². The van der Waals surface area contributed by atoms with Crippen LogP contribution in [-0.4, -0.2) is 41.8 Å². The zero-order valence-corrected chi connectivity index (χ0v) is 13.2. The zero-order valence-electron chi connectivity index (χ0n) is 12.5. The molecule has 0 saturated carbocycles. The number of aliphatic hydroxyl groups is 1. The van der Waals surface area contributed by atoms with E-state index in [1.54, 1.807) is 12.1 Å². The highest BCUT2D eigenvalue weighted by molar-refractivity contribution is 6.31. The molecular formula is C16H24ClFN2O. The minimum absolute atomic E-state index is 0.223. The third-order valence-corrected chi connectivity index (χ3v) is 4.38. The number of rotatable bonds is 6. The number of piperidine rings is 1. The first-order valence-electron chi connectivity index (χ1n) is 7.63. The second kappa shape index (κ2) is 8.08. The van der Waals surface area contributed by atoms with Crippen molar-refractivity contribution < 1.29 is 9.50 Å². The zero-order chi connectivity index (χ0) is 15.2. The molecular weight excluding hydrogens is 291 g/mol. The van der Waals surface area contributed by atoms with Crippen LogP contribution in [0.4, 0.5) is 4.39 Å².